The van der Waals surface area contributed by atoms with Crippen molar-refractivity contribution in [3.8, 4) is 5.75 Å². The number of piperidine rings is 1. The lowest BCUT2D eigenvalue weighted by Gasteiger charge is -2.40. The molecular weight excluding hydrogens is 387 g/mol. The monoisotopic (exact) mass is 420 g/mol. The van der Waals surface area contributed by atoms with Crippen molar-refractivity contribution in [2.75, 3.05) is 19.7 Å². The summed E-state index contributed by atoms with van der Waals surface area (Å²) in [6, 6.07) is 3.09. The minimum Gasteiger partial charge on any atom is -0.486 e. The van der Waals surface area contributed by atoms with E-state index in [0.29, 0.717) is 38.5 Å². The molecule has 2 fully saturated rings. The molecular formula is C23H33FN2O4. The first-order chi connectivity index (χ1) is 14.1. The second-order valence-electron chi connectivity index (χ2n) is 9.67. The number of rotatable bonds is 4. The first-order valence-corrected chi connectivity index (χ1v) is 11.0. The van der Waals surface area contributed by atoms with Crippen molar-refractivity contribution in [3.05, 3.63) is 29.1 Å². The molecule has 1 amide bonds. The summed E-state index contributed by atoms with van der Waals surface area (Å²) in [5.74, 6) is -0.344. The van der Waals surface area contributed by atoms with Gasteiger partial charge in [-0.15, -0.1) is 0 Å². The molecule has 4 unspecified atom stereocenters. The van der Waals surface area contributed by atoms with Gasteiger partial charge >= 0.3 is 0 Å². The van der Waals surface area contributed by atoms with Crippen molar-refractivity contribution in [1.29, 1.82) is 0 Å². The quantitative estimate of drug-likeness (QED) is 0.784. The molecule has 2 saturated heterocycles. The van der Waals surface area contributed by atoms with E-state index >= 15 is 0 Å². The summed E-state index contributed by atoms with van der Waals surface area (Å²) in [6.07, 6.45) is 3.10. The highest BCUT2D eigenvalue weighted by molar-refractivity contribution is 5.78. The minimum absolute atomic E-state index is 0.0237. The zero-order chi connectivity index (χ0) is 21.7. The number of ether oxygens (including phenoxy) is 2. The third kappa shape index (κ3) is 4.20. The molecule has 6 nitrogen and oxygen atoms in total. The second-order valence-corrected chi connectivity index (χ2v) is 9.67. The van der Waals surface area contributed by atoms with Crippen LogP contribution in [0.3, 0.4) is 0 Å². The Morgan fingerprint density at radius 3 is 2.70 bits per heavy atom. The molecule has 3 heterocycles. The average molecular weight is 421 g/mol. The van der Waals surface area contributed by atoms with Crippen LogP contribution in [0.2, 0.25) is 0 Å². The van der Waals surface area contributed by atoms with Crippen LogP contribution in [-0.4, -0.2) is 53.2 Å². The Bertz CT molecular complexity index is 822. The van der Waals surface area contributed by atoms with Gasteiger partial charge in [-0.2, -0.15) is 0 Å². The summed E-state index contributed by atoms with van der Waals surface area (Å²) in [4.78, 5) is 14.9. The number of fused-ring (bicyclic) bond motifs is 1. The predicted octanol–water partition coefficient (Wildman–Crippen LogP) is 2.75. The van der Waals surface area contributed by atoms with Crippen LogP contribution in [0, 0.1) is 24.6 Å². The Balaban J connectivity index is 1.32. The lowest BCUT2D eigenvalue weighted by atomic mass is 9.79. The molecule has 0 aliphatic carbocycles. The SMILES string of the molecule is Cc1cc(F)cc2c1OC(C)(C1CCN(C(=O)C(C)CC3COC(C)(O)N3)CC1)C2. The van der Waals surface area contributed by atoms with Crippen molar-refractivity contribution >= 4 is 5.91 Å². The normalized spacial score (nSPS) is 32.7. The molecule has 2 N–H and O–H groups in total. The molecule has 166 valence electrons. The highest BCUT2D eigenvalue weighted by Gasteiger charge is 2.44. The second kappa shape index (κ2) is 7.77. The van der Waals surface area contributed by atoms with Gasteiger partial charge in [0, 0.05) is 49.9 Å². The van der Waals surface area contributed by atoms with Crippen molar-refractivity contribution in [1.82, 2.24) is 10.2 Å². The van der Waals surface area contributed by atoms with E-state index in [1.54, 1.807) is 13.0 Å². The van der Waals surface area contributed by atoms with Crippen molar-refractivity contribution < 1.29 is 23.8 Å². The lowest BCUT2D eigenvalue weighted by Crippen LogP contribution is -2.49. The molecule has 1 aromatic carbocycles. The Kier molecular flexibility index (Phi) is 5.58. The van der Waals surface area contributed by atoms with Crippen LogP contribution in [0.15, 0.2) is 12.1 Å². The maximum absolute atomic E-state index is 13.8. The van der Waals surface area contributed by atoms with Crippen LogP contribution >= 0.6 is 0 Å². The fraction of sp³-hybridized carbons (Fsp3) is 0.696. The van der Waals surface area contributed by atoms with E-state index in [1.807, 2.05) is 18.7 Å². The molecule has 3 aliphatic rings. The standard InChI is InChI=1S/C23H33FN2O4/c1-14-9-18(24)11-16-12-22(3,30-20(14)16)17-5-7-26(8-6-17)21(27)15(2)10-19-13-29-23(4,28)25-19/h9,11,15,17,19,25,28H,5-8,10,12-13H2,1-4H3. The Hall–Kier alpha value is -1.70. The largest absolute Gasteiger partial charge is 0.486 e. The zero-order valence-electron chi connectivity index (χ0n) is 18.3. The molecule has 30 heavy (non-hydrogen) atoms. The van der Waals surface area contributed by atoms with E-state index in [2.05, 4.69) is 12.2 Å². The fourth-order valence-corrected chi connectivity index (χ4v) is 5.35. The van der Waals surface area contributed by atoms with Crippen LogP contribution in [-0.2, 0) is 16.0 Å². The number of likely N-dealkylation sites (tertiary alicyclic amines) is 1. The highest BCUT2D eigenvalue weighted by atomic mass is 19.1. The van der Waals surface area contributed by atoms with Gasteiger partial charge in [-0.1, -0.05) is 6.92 Å². The van der Waals surface area contributed by atoms with E-state index in [1.165, 1.54) is 6.07 Å². The number of carbonyl (C=O) groups excluding carboxylic acids is 1. The highest BCUT2D eigenvalue weighted by Crippen LogP contribution is 2.44. The number of aryl methyl sites for hydroxylation is 1. The number of nitrogens with zero attached hydrogens (tertiary/aromatic N) is 1. The van der Waals surface area contributed by atoms with E-state index in [0.717, 1.165) is 29.7 Å². The van der Waals surface area contributed by atoms with Gasteiger partial charge in [0.1, 0.15) is 17.2 Å². The van der Waals surface area contributed by atoms with Gasteiger partial charge in [0.05, 0.1) is 6.61 Å². The number of hydrogen-bond donors (Lipinski definition) is 2. The number of aliphatic hydroxyl groups is 1. The number of benzene rings is 1. The van der Waals surface area contributed by atoms with Crippen molar-refractivity contribution in [2.24, 2.45) is 11.8 Å². The predicted molar refractivity (Wildman–Crippen MR) is 110 cm³/mol. The Morgan fingerprint density at radius 2 is 2.07 bits per heavy atom. The lowest BCUT2D eigenvalue weighted by molar-refractivity contribution is -0.170. The van der Waals surface area contributed by atoms with Crippen LogP contribution in [0.25, 0.3) is 0 Å². The Labute approximate surface area is 177 Å². The molecule has 4 atom stereocenters. The molecule has 0 aromatic heterocycles. The molecule has 4 rings (SSSR count). The van der Waals surface area contributed by atoms with E-state index < -0.39 is 5.91 Å². The van der Waals surface area contributed by atoms with E-state index in [9.17, 15) is 14.3 Å². The summed E-state index contributed by atoms with van der Waals surface area (Å²) in [5.41, 5.74) is 1.45. The van der Waals surface area contributed by atoms with Crippen molar-refractivity contribution in [2.45, 2.75) is 70.9 Å². The van der Waals surface area contributed by atoms with Gasteiger partial charge < -0.3 is 19.5 Å². The first kappa shape index (κ1) is 21.5. The van der Waals surface area contributed by atoms with Crippen LogP contribution in [0.4, 0.5) is 4.39 Å². The summed E-state index contributed by atoms with van der Waals surface area (Å²) in [6.45, 7) is 9.35. The molecule has 0 spiro atoms. The van der Waals surface area contributed by atoms with E-state index in [-0.39, 0.29) is 29.3 Å². The van der Waals surface area contributed by atoms with Crippen LogP contribution in [0.1, 0.15) is 51.2 Å². The third-order valence-electron chi connectivity index (χ3n) is 6.96. The first-order valence-electron chi connectivity index (χ1n) is 11.0. The maximum atomic E-state index is 13.8. The number of amides is 1. The number of nitrogens with one attached hydrogen (secondary N) is 1. The molecule has 0 saturated carbocycles. The molecule has 3 aliphatic heterocycles. The smallest absolute Gasteiger partial charge is 0.225 e. The fourth-order valence-electron chi connectivity index (χ4n) is 5.35. The zero-order valence-corrected chi connectivity index (χ0v) is 18.3. The van der Waals surface area contributed by atoms with Crippen molar-refractivity contribution in [3.63, 3.8) is 0 Å². The average Bonchev–Trinajstić information content (AvgIpc) is 3.20. The van der Waals surface area contributed by atoms with Gasteiger partial charge in [-0.3, -0.25) is 10.1 Å². The van der Waals surface area contributed by atoms with Gasteiger partial charge in [-0.05, 0) is 50.8 Å². The minimum atomic E-state index is -1.30. The summed E-state index contributed by atoms with van der Waals surface area (Å²) in [5, 5.41) is 12.9. The van der Waals surface area contributed by atoms with Crippen LogP contribution < -0.4 is 10.1 Å². The number of halogens is 1. The third-order valence-corrected chi connectivity index (χ3v) is 6.96. The summed E-state index contributed by atoms with van der Waals surface area (Å²) in [7, 11) is 0. The number of carbonyl (C=O) groups is 1. The maximum Gasteiger partial charge on any atom is 0.225 e. The summed E-state index contributed by atoms with van der Waals surface area (Å²) >= 11 is 0. The topological polar surface area (TPSA) is 71.0 Å². The molecule has 7 heteroatoms. The molecule has 0 bridgehead atoms. The molecule has 1 aromatic rings. The van der Waals surface area contributed by atoms with Gasteiger partial charge in [0.25, 0.3) is 0 Å². The van der Waals surface area contributed by atoms with Gasteiger partial charge in [0.15, 0.2) is 0 Å². The van der Waals surface area contributed by atoms with Gasteiger partial charge in [-0.25, -0.2) is 4.39 Å². The molecule has 0 radical (unpaired) electrons. The number of hydrogen-bond acceptors (Lipinski definition) is 5. The van der Waals surface area contributed by atoms with Crippen LogP contribution in [0.5, 0.6) is 5.75 Å². The van der Waals surface area contributed by atoms with E-state index in [4.69, 9.17) is 9.47 Å². The summed E-state index contributed by atoms with van der Waals surface area (Å²) < 4.78 is 25.4. The van der Waals surface area contributed by atoms with Gasteiger partial charge in [0.2, 0.25) is 11.8 Å². The Morgan fingerprint density at radius 1 is 1.37 bits per heavy atom.